The van der Waals surface area contributed by atoms with E-state index >= 15 is 0 Å². The van der Waals surface area contributed by atoms with E-state index in [0.717, 1.165) is 0 Å². The van der Waals surface area contributed by atoms with Gasteiger partial charge in [-0.3, -0.25) is 15.1 Å². The van der Waals surface area contributed by atoms with E-state index in [1.165, 1.54) is 0 Å². The minimum absolute atomic E-state index is 0.0447. The molecule has 0 aromatic heterocycles. The number of rotatable bonds is 1. The number of halogens is 1. The van der Waals surface area contributed by atoms with Crippen LogP contribution in [0.4, 0.5) is 21.9 Å². The van der Waals surface area contributed by atoms with Crippen LogP contribution in [0.2, 0.25) is 5.02 Å². The first-order valence-electron chi connectivity index (χ1n) is 8.73. The minimum Gasteiger partial charge on any atom is -0.443 e. The first-order valence-corrected chi connectivity index (χ1v) is 9.11. The van der Waals surface area contributed by atoms with Crippen molar-refractivity contribution >= 4 is 46.5 Å². The molecule has 3 rings (SSSR count). The molecule has 1 aliphatic rings. The third-order valence-corrected chi connectivity index (χ3v) is 3.96. The molecule has 0 saturated heterocycles. The number of nitrogens with one attached hydrogen (secondary N) is 2. The maximum Gasteiger partial charge on any atom is 0.426 e. The summed E-state index contributed by atoms with van der Waals surface area (Å²) in [6, 6.07) is 14.3. The smallest absolute Gasteiger partial charge is 0.426 e. The quantitative estimate of drug-likeness (QED) is 0.692. The van der Waals surface area contributed by atoms with Crippen molar-refractivity contribution in [2.45, 2.75) is 32.8 Å². The fourth-order valence-electron chi connectivity index (χ4n) is 2.67. The number of amides is 2. The Morgan fingerprint density at radius 1 is 1.18 bits per heavy atom. The van der Waals surface area contributed by atoms with Gasteiger partial charge in [-0.15, -0.1) is 0 Å². The Balaban J connectivity index is 1.89. The van der Waals surface area contributed by atoms with Gasteiger partial charge in [0.25, 0.3) is 0 Å². The van der Waals surface area contributed by atoms with Gasteiger partial charge in [0.1, 0.15) is 11.4 Å². The number of carbonyl (C=O) groups is 2. The molecule has 28 heavy (non-hydrogen) atoms. The van der Waals surface area contributed by atoms with Crippen LogP contribution >= 0.6 is 11.6 Å². The summed E-state index contributed by atoms with van der Waals surface area (Å²) < 4.78 is 5.18. The van der Waals surface area contributed by atoms with Crippen molar-refractivity contribution in [3.8, 4) is 0 Å². The molecular weight excluding hydrogens is 380 g/mol. The van der Waals surface area contributed by atoms with E-state index in [0.29, 0.717) is 22.1 Å². The van der Waals surface area contributed by atoms with Crippen LogP contribution in [0.15, 0.2) is 53.5 Å². The van der Waals surface area contributed by atoms with Crippen molar-refractivity contribution in [2.75, 3.05) is 4.90 Å². The van der Waals surface area contributed by atoms with Crippen molar-refractivity contribution in [3.63, 3.8) is 0 Å². The van der Waals surface area contributed by atoms with Crippen molar-refractivity contribution in [2.24, 2.45) is 4.99 Å². The summed E-state index contributed by atoms with van der Waals surface area (Å²) in [5.74, 6) is 0.0716. The van der Waals surface area contributed by atoms with Crippen LogP contribution in [-0.4, -0.2) is 23.4 Å². The number of anilines is 2. The van der Waals surface area contributed by atoms with Crippen molar-refractivity contribution in [3.05, 3.63) is 53.6 Å². The summed E-state index contributed by atoms with van der Waals surface area (Å²) in [5.41, 5.74) is 6.28. The molecule has 2 N–H and O–H groups in total. The predicted octanol–water partition coefficient (Wildman–Crippen LogP) is 4.47. The molecule has 2 aromatic rings. The summed E-state index contributed by atoms with van der Waals surface area (Å²) in [6.45, 7) is 5.28. The molecule has 8 heteroatoms. The highest BCUT2D eigenvalue weighted by Gasteiger charge is 2.26. The van der Waals surface area contributed by atoms with Gasteiger partial charge < -0.3 is 4.74 Å². The Hall–Kier alpha value is -3.06. The van der Waals surface area contributed by atoms with Gasteiger partial charge in [-0.2, -0.15) is 0 Å². The van der Waals surface area contributed by atoms with Crippen LogP contribution < -0.4 is 15.8 Å². The largest absolute Gasteiger partial charge is 0.443 e. The molecule has 0 saturated carbocycles. The molecular formula is C20H21ClN4O3. The average Bonchev–Trinajstić information content (AvgIpc) is 2.74. The molecule has 0 unspecified atom stereocenters. The summed E-state index contributed by atoms with van der Waals surface area (Å²) in [4.78, 5) is 30.9. The second-order valence-corrected chi connectivity index (χ2v) is 7.62. The number of aliphatic imine (C=N–C) groups is 1. The summed E-state index contributed by atoms with van der Waals surface area (Å²) in [6.07, 6.45) is -0.708. The van der Waals surface area contributed by atoms with Crippen molar-refractivity contribution < 1.29 is 14.3 Å². The molecule has 1 aliphatic heterocycles. The van der Waals surface area contributed by atoms with E-state index in [9.17, 15) is 9.59 Å². The number of para-hydroxylation sites is 1. The predicted molar refractivity (Wildman–Crippen MR) is 109 cm³/mol. The number of hydrogen-bond acceptors (Lipinski definition) is 5. The Labute approximate surface area is 168 Å². The standard InChI is InChI=1S/C20H21ClN4O3/c1-20(2,3)28-19(27)24-23-17-12-18(26)25(14-7-5-4-6-8-14)16-11-13(21)9-10-15(16)22-17/h4-11H,12H2,1-3H3,(H,22,23)(H,24,27). The number of hydrogen-bond donors (Lipinski definition) is 2. The Bertz CT molecular complexity index is 923. The van der Waals surface area contributed by atoms with Gasteiger partial charge in [-0.1, -0.05) is 29.8 Å². The number of ether oxygens (including phenoxy) is 1. The third-order valence-electron chi connectivity index (χ3n) is 3.72. The molecule has 2 aromatic carbocycles. The molecule has 146 valence electrons. The third kappa shape index (κ3) is 4.80. The number of fused-ring (bicyclic) bond motifs is 1. The lowest BCUT2D eigenvalue weighted by atomic mass is 10.2. The lowest BCUT2D eigenvalue weighted by Gasteiger charge is -2.22. The van der Waals surface area contributed by atoms with Crippen LogP contribution in [0.5, 0.6) is 0 Å². The zero-order chi connectivity index (χ0) is 20.3. The maximum absolute atomic E-state index is 13.0. The number of amidine groups is 1. The fraction of sp³-hybridized carbons (Fsp3) is 0.250. The van der Waals surface area contributed by atoms with Gasteiger partial charge in [0.05, 0.1) is 17.8 Å². The molecule has 7 nitrogen and oxygen atoms in total. The monoisotopic (exact) mass is 400 g/mol. The van der Waals surface area contributed by atoms with E-state index in [-0.39, 0.29) is 18.2 Å². The highest BCUT2D eigenvalue weighted by molar-refractivity contribution is 6.31. The zero-order valence-corrected chi connectivity index (χ0v) is 16.6. The van der Waals surface area contributed by atoms with E-state index in [2.05, 4.69) is 15.8 Å². The summed E-state index contributed by atoms with van der Waals surface area (Å²) >= 11 is 6.16. The molecule has 0 radical (unpaired) electrons. The van der Waals surface area contributed by atoms with E-state index in [1.807, 2.05) is 30.3 Å². The molecule has 2 amide bonds. The Morgan fingerprint density at radius 2 is 1.89 bits per heavy atom. The van der Waals surface area contributed by atoms with Crippen molar-refractivity contribution in [1.29, 1.82) is 0 Å². The zero-order valence-electron chi connectivity index (χ0n) is 15.8. The Morgan fingerprint density at radius 3 is 2.57 bits per heavy atom. The number of carbonyl (C=O) groups excluding carboxylic acids is 2. The first kappa shape index (κ1) is 19.7. The minimum atomic E-state index is -0.664. The van der Waals surface area contributed by atoms with Gasteiger partial charge in [-0.25, -0.2) is 15.2 Å². The second-order valence-electron chi connectivity index (χ2n) is 7.18. The normalized spacial score (nSPS) is 13.9. The molecule has 0 spiro atoms. The lowest BCUT2D eigenvalue weighted by molar-refractivity contribution is -0.116. The van der Waals surface area contributed by atoms with E-state index in [1.54, 1.807) is 43.9 Å². The Kier molecular flexibility index (Phi) is 5.56. The highest BCUT2D eigenvalue weighted by Crippen LogP contribution is 2.38. The number of nitrogens with zero attached hydrogens (tertiary/aromatic N) is 2. The molecule has 0 bridgehead atoms. The van der Waals surface area contributed by atoms with Crippen LogP contribution in [-0.2, 0) is 9.53 Å². The van der Waals surface area contributed by atoms with Crippen LogP contribution in [0, 0.1) is 0 Å². The maximum atomic E-state index is 13.0. The van der Waals surface area contributed by atoms with Crippen LogP contribution in [0.1, 0.15) is 27.2 Å². The lowest BCUT2D eigenvalue weighted by Crippen LogP contribution is -2.45. The molecule has 0 aliphatic carbocycles. The number of hydrazine groups is 1. The first-order chi connectivity index (χ1) is 13.2. The van der Waals surface area contributed by atoms with E-state index in [4.69, 9.17) is 16.3 Å². The van der Waals surface area contributed by atoms with Gasteiger partial charge in [0.15, 0.2) is 0 Å². The van der Waals surface area contributed by atoms with Gasteiger partial charge in [0, 0.05) is 10.7 Å². The van der Waals surface area contributed by atoms with Crippen LogP contribution in [0.3, 0.4) is 0 Å². The highest BCUT2D eigenvalue weighted by atomic mass is 35.5. The molecule has 0 atom stereocenters. The molecule has 0 fully saturated rings. The second kappa shape index (κ2) is 7.90. The van der Waals surface area contributed by atoms with Crippen molar-refractivity contribution in [1.82, 2.24) is 10.9 Å². The van der Waals surface area contributed by atoms with Crippen LogP contribution in [0.25, 0.3) is 0 Å². The SMILES string of the molecule is CC(C)(C)OC(=O)NNC1=Nc2ccc(Cl)cc2N(c2ccccc2)C(=O)C1. The van der Waals surface area contributed by atoms with Gasteiger partial charge in [0.2, 0.25) is 5.91 Å². The summed E-state index contributed by atoms with van der Waals surface area (Å²) in [7, 11) is 0. The topological polar surface area (TPSA) is 83.0 Å². The van der Waals surface area contributed by atoms with Gasteiger partial charge >= 0.3 is 6.09 Å². The molecule has 1 heterocycles. The van der Waals surface area contributed by atoms with Gasteiger partial charge in [-0.05, 0) is 51.1 Å². The number of benzene rings is 2. The summed E-state index contributed by atoms with van der Waals surface area (Å²) in [5, 5.41) is 0.492. The van der Waals surface area contributed by atoms with E-state index < -0.39 is 11.7 Å². The fourth-order valence-corrected chi connectivity index (χ4v) is 2.84. The average molecular weight is 401 g/mol.